The number of anilines is 1. The highest BCUT2D eigenvalue weighted by Crippen LogP contribution is 2.24. The van der Waals surface area contributed by atoms with E-state index in [9.17, 15) is 4.79 Å². The second kappa shape index (κ2) is 5.50. The van der Waals surface area contributed by atoms with E-state index in [2.05, 4.69) is 26.2 Å². The minimum Gasteiger partial charge on any atom is -0.322 e. The van der Waals surface area contributed by atoms with Gasteiger partial charge in [-0.15, -0.1) is 0 Å². The average Bonchev–Trinajstić information content (AvgIpc) is 2.35. The molecular weight excluding hydrogens is 316 g/mol. The number of nitrogens with zero attached hydrogens (tertiary/aromatic N) is 1. The third-order valence-corrected chi connectivity index (χ3v) is 3.69. The van der Waals surface area contributed by atoms with E-state index in [-0.39, 0.29) is 5.91 Å². The highest BCUT2D eigenvalue weighted by molar-refractivity contribution is 9.10. The molecule has 1 heterocycles. The van der Waals surface area contributed by atoms with Crippen LogP contribution >= 0.6 is 27.5 Å². The van der Waals surface area contributed by atoms with Crippen LogP contribution in [0.3, 0.4) is 0 Å². The summed E-state index contributed by atoms with van der Waals surface area (Å²) in [7, 11) is 0. The van der Waals surface area contributed by atoms with Crippen LogP contribution in [-0.4, -0.2) is 10.9 Å². The van der Waals surface area contributed by atoms with Gasteiger partial charge in [-0.25, -0.2) is 0 Å². The second-order valence-corrected chi connectivity index (χ2v) is 4.98. The van der Waals surface area contributed by atoms with E-state index in [4.69, 9.17) is 11.6 Å². The minimum atomic E-state index is -0.247. The quantitative estimate of drug-likeness (QED) is 0.905. The molecule has 3 nitrogen and oxygen atoms in total. The van der Waals surface area contributed by atoms with Crippen LogP contribution in [0.15, 0.2) is 41.1 Å². The summed E-state index contributed by atoms with van der Waals surface area (Å²) in [6.45, 7) is 1.92. The summed E-state index contributed by atoms with van der Waals surface area (Å²) in [5.41, 5.74) is 2.13. The van der Waals surface area contributed by atoms with Gasteiger partial charge in [-0.2, -0.15) is 0 Å². The van der Waals surface area contributed by atoms with Gasteiger partial charge in [0.15, 0.2) is 0 Å². The van der Waals surface area contributed by atoms with Crippen molar-refractivity contribution in [3.8, 4) is 0 Å². The first-order valence-corrected chi connectivity index (χ1v) is 6.42. The Labute approximate surface area is 118 Å². The van der Waals surface area contributed by atoms with Crippen molar-refractivity contribution in [1.82, 2.24) is 4.98 Å². The standard InChI is InChI=1S/C13H10BrClN2O/c1-8-10(14)3-2-4-12(8)17-13(18)9-5-6-16-7-11(9)15/h2-7H,1H3,(H,17,18). The molecule has 2 rings (SSSR count). The van der Waals surface area contributed by atoms with E-state index < -0.39 is 0 Å². The molecule has 1 amide bonds. The van der Waals surface area contributed by atoms with Crippen molar-refractivity contribution >= 4 is 39.1 Å². The molecule has 2 aromatic rings. The molecule has 0 saturated heterocycles. The van der Waals surface area contributed by atoms with Gasteiger partial charge in [0.05, 0.1) is 10.6 Å². The highest BCUT2D eigenvalue weighted by atomic mass is 79.9. The number of pyridine rings is 1. The molecule has 0 bridgehead atoms. The van der Waals surface area contributed by atoms with E-state index in [1.165, 1.54) is 12.4 Å². The number of hydrogen-bond donors (Lipinski definition) is 1. The first kappa shape index (κ1) is 13.1. The normalized spacial score (nSPS) is 10.2. The fourth-order valence-electron chi connectivity index (χ4n) is 1.49. The maximum Gasteiger partial charge on any atom is 0.257 e. The Morgan fingerprint density at radius 2 is 2.17 bits per heavy atom. The summed E-state index contributed by atoms with van der Waals surface area (Å²) < 4.78 is 0.945. The first-order chi connectivity index (χ1) is 8.59. The number of rotatable bonds is 2. The van der Waals surface area contributed by atoms with Gasteiger partial charge in [-0.05, 0) is 30.7 Å². The molecule has 1 aromatic heterocycles. The van der Waals surface area contributed by atoms with Crippen LogP contribution in [0.1, 0.15) is 15.9 Å². The summed E-state index contributed by atoms with van der Waals surface area (Å²) in [5, 5.41) is 3.16. The minimum absolute atomic E-state index is 0.247. The van der Waals surface area contributed by atoms with Crippen molar-refractivity contribution < 1.29 is 4.79 Å². The topological polar surface area (TPSA) is 42.0 Å². The van der Waals surface area contributed by atoms with Crippen LogP contribution in [-0.2, 0) is 0 Å². The maximum absolute atomic E-state index is 12.1. The van der Waals surface area contributed by atoms with Crippen molar-refractivity contribution in [2.75, 3.05) is 5.32 Å². The number of carbonyl (C=O) groups excluding carboxylic acids is 1. The van der Waals surface area contributed by atoms with Gasteiger partial charge in [-0.1, -0.05) is 33.6 Å². The Hall–Kier alpha value is -1.39. The first-order valence-electron chi connectivity index (χ1n) is 5.25. The Kier molecular flexibility index (Phi) is 3.99. The van der Waals surface area contributed by atoms with Gasteiger partial charge in [0, 0.05) is 22.6 Å². The van der Waals surface area contributed by atoms with Crippen molar-refractivity contribution in [3.05, 3.63) is 57.3 Å². The third kappa shape index (κ3) is 2.71. The Bertz CT molecular complexity index is 601. The molecule has 92 valence electrons. The number of hydrogen-bond acceptors (Lipinski definition) is 2. The molecule has 0 spiro atoms. The van der Waals surface area contributed by atoms with Gasteiger partial charge < -0.3 is 5.32 Å². The van der Waals surface area contributed by atoms with Crippen LogP contribution in [0.5, 0.6) is 0 Å². The molecule has 1 N–H and O–H groups in total. The summed E-state index contributed by atoms with van der Waals surface area (Å²) in [6.07, 6.45) is 2.98. The van der Waals surface area contributed by atoms with Crippen molar-refractivity contribution in [2.24, 2.45) is 0 Å². The zero-order valence-electron chi connectivity index (χ0n) is 9.58. The molecule has 0 aliphatic carbocycles. The van der Waals surface area contributed by atoms with E-state index >= 15 is 0 Å². The number of nitrogens with one attached hydrogen (secondary N) is 1. The van der Waals surface area contributed by atoms with Crippen LogP contribution in [0.4, 0.5) is 5.69 Å². The zero-order chi connectivity index (χ0) is 13.1. The Balaban J connectivity index is 2.27. The molecule has 0 aliphatic rings. The molecule has 0 fully saturated rings. The Morgan fingerprint density at radius 3 is 2.89 bits per heavy atom. The predicted molar refractivity (Wildman–Crippen MR) is 76.1 cm³/mol. The molecular formula is C13H10BrClN2O. The van der Waals surface area contributed by atoms with Crippen molar-refractivity contribution in [1.29, 1.82) is 0 Å². The fourth-order valence-corrected chi connectivity index (χ4v) is 2.06. The summed E-state index contributed by atoms with van der Waals surface area (Å²) in [4.78, 5) is 15.9. The summed E-state index contributed by atoms with van der Waals surface area (Å²) in [6, 6.07) is 7.21. The number of halogens is 2. The fraction of sp³-hybridized carbons (Fsp3) is 0.0769. The second-order valence-electron chi connectivity index (χ2n) is 3.72. The lowest BCUT2D eigenvalue weighted by Crippen LogP contribution is -2.13. The SMILES string of the molecule is Cc1c(Br)cccc1NC(=O)c1ccncc1Cl. The number of amides is 1. The molecule has 1 aromatic carbocycles. The molecule has 5 heteroatoms. The summed E-state index contributed by atoms with van der Waals surface area (Å²) in [5.74, 6) is -0.247. The lowest BCUT2D eigenvalue weighted by Gasteiger charge is -2.10. The van der Waals surface area contributed by atoms with E-state index in [1.807, 2.05) is 25.1 Å². The van der Waals surface area contributed by atoms with Crippen LogP contribution in [0.2, 0.25) is 5.02 Å². The lowest BCUT2D eigenvalue weighted by atomic mass is 10.2. The largest absolute Gasteiger partial charge is 0.322 e. The van der Waals surface area contributed by atoms with E-state index in [1.54, 1.807) is 6.07 Å². The summed E-state index contributed by atoms with van der Waals surface area (Å²) >= 11 is 9.34. The molecule has 0 aliphatic heterocycles. The zero-order valence-corrected chi connectivity index (χ0v) is 11.9. The monoisotopic (exact) mass is 324 g/mol. The molecule has 0 saturated carbocycles. The highest BCUT2D eigenvalue weighted by Gasteiger charge is 2.11. The average molecular weight is 326 g/mol. The van der Waals surface area contributed by atoms with Crippen LogP contribution in [0.25, 0.3) is 0 Å². The molecule has 0 radical (unpaired) electrons. The lowest BCUT2D eigenvalue weighted by molar-refractivity contribution is 0.102. The molecule has 0 unspecified atom stereocenters. The number of benzene rings is 1. The van der Waals surface area contributed by atoms with Crippen molar-refractivity contribution in [3.63, 3.8) is 0 Å². The van der Waals surface area contributed by atoms with Gasteiger partial charge in [0.1, 0.15) is 0 Å². The number of aromatic nitrogens is 1. The van der Waals surface area contributed by atoms with E-state index in [0.29, 0.717) is 10.6 Å². The van der Waals surface area contributed by atoms with Crippen LogP contribution < -0.4 is 5.32 Å². The molecule has 0 atom stereocenters. The predicted octanol–water partition coefficient (Wildman–Crippen LogP) is 4.06. The van der Waals surface area contributed by atoms with Gasteiger partial charge >= 0.3 is 0 Å². The Morgan fingerprint density at radius 1 is 1.39 bits per heavy atom. The smallest absolute Gasteiger partial charge is 0.257 e. The van der Waals surface area contributed by atoms with E-state index in [0.717, 1.165) is 15.7 Å². The van der Waals surface area contributed by atoms with Gasteiger partial charge in [0.2, 0.25) is 0 Å². The van der Waals surface area contributed by atoms with Gasteiger partial charge in [-0.3, -0.25) is 9.78 Å². The number of carbonyl (C=O) groups is 1. The van der Waals surface area contributed by atoms with Crippen LogP contribution in [0, 0.1) is 6.92 Å². The van der Waals surface area contributed by atoms with Gasteiger partial charge in [0.25, 0.3) is 5.91 Å². The maximum atomic E-state index is 12.1. The van der Waals surface area contributed by atoms with Crippen molar-refractivity contribution in [2.45, 2.75) is 6.92 Å². The molecule has 18 heavy (non-hydrogen) atoms. The third-order valence-electron chi connectivity index (χ3n) is 2.53.